The smallest absolute Gasteiger partial charge is 0.246 e. The second kappa shape index (κ2) is 8.50. The van der Waals surface area contributed by atoms with Gasteiger partial charge < -0.3 is 4.90 Å². The lowest BCUT2D eigenvalue weighted by molar-refractivity contribution is -0.116. The van der Waals surface area contributed by atoms with Gasteiger partial charge in [-0.05, 0) is 56.2 Å². The van der Waals surface area contributed by atoms with Crippen molar-refractivity contribution in [2.24, 2.45) is 0 Å². The van der Waals surface area contributed by atoms with E-state index in [4.69, 9.17) is 0 Å². The Kier molecular flexibility index (Phi) is 5.81. The summed E-state index contributed by atoms with van der Waals surface area (Å²) in [6.07, 6.45) is 6.07. The van der Waals surface area contributed by atoms with Crippen LogP contribution in [0.15, 0.2) is 29.2 Å². The third-order valence-corrected chi connectivity index (χ3v) is 6.68. The maximum Gasteiger partial charge on any atom is 0.246 e. The van der Waals surface area contributed by atoms with E-state index in [2.05, 4.69) is 30.1 Å². The Labute approximate surface area is 170 Å². The average molecular weight is 419 g/mol. The van der Waals surface area contributed by atoms with Crippen LogP contribution in [0.2, 0.25) is 0 Å². The fourth-order valence-corrected chi connectivity index (χ4v) is 4.63. The molecule has 2 fully saturated rings. The summed E-state index contributed by atoms with van der Waals surface area (Å²) in [5.41, 5.74) is 0.900. The summed E-state index contributed by atoms with van der Waals surface area (Å²) in [7, 11) is -3.45. The zero-order valence-electron chi connectivity index (χ0n) is 16.2. The quantitative estimate of drug-likeness (QED) is 0.601. The zero-order chi connectivity index (χ0) is 20.3. The number of rotatable bonds is 8. The molecule has 2 aliphatic rings. The van der Waals surface area contributed by atoms with Gasteiger partial charge in [0.05, 0.1) is 4.90 Å². The molecular weight excluding hydrogens is 392 g/mol. The minimum atomic E-state index is -3.45. The molecule has 2 aromatic rings. The summed E-state index contributed by atoms with van der Waals surface area (Å²) < 4.78 is 27.0. The molecule has 1 amide bonds. The molecule has 29 heavy (non-hydrogen) atoms. The van der Waals surface area contributed by atoms with Gasteiger partial charge in [0.15, 0.2) is 0 Å². The van der Waals surface area contributed by atoms with Gasteiger partial charge in [-0.1, -0.05) is 12.1 Å². The van der Waals surface area contributed by atoms with E-state index in [1.165, 1.54) is 6.42 Å². The minimum absolute atomic E-state index is 0.0786. The van der Waals surface area contributed by atoms with Gasteiger partial charge in [0.1, 0.15) is 0 Å². The molecule has 0 bridgehead atoms. The molecule has 156 valence electrons. The van der Waals surface area contributed by atoms with Gasteiger partial charge in [0.25, 0.3) is 0 Å². The molecule has 1 aromatic carbocycles. The summed E-state index contributed by atoms with van der Waals surface area (Å²) in [6.45, 7) is 1.88. The lowest BCUT2D eigenvalue weighted by atomic mass is 10.1. The fourth-order valence-electron chi connectivity index (χ4n) is 3.32. The van der Waals surface area contributed by atoms with Crippen molar-refractivity contribution in [1.82, 2.24) is 19.9 Å². The van der Waals surface area contributed by atoms with E-state index in [1.807, 2.05) is 0 Å². The summed E-state index contributed by atoms with van der Waals surface area (Å²) >= 11 is 0. The van der Waals surface area contributed by atoms with Crippen molar-refractivity contribution in [2.75, 3.05) is 23.3 Å². The number of nitrogens with zero attached hydrogens (tertiary/aromatic N) is 3. The predicted octanol–water partition coefficient (Wildman–Crippen LogP) is 1.81. The molecule has 1 saturated heterocycles. The molecular formula is C19H26N6O3S. The highest BCUT2D eigenvalue weighted by Crippen LogP contribution is 2.22. The number of aromatic nitrogens is 3. The highest BCUT2D eigenvalue weighted by atomic mass is 32.2. The maximum absolute atomic E-state index is 12.2. The standard InChI is InChI=1S/C19H26N6O3S/c26-17(20-18-21-19(23-22-18)25-12-2-1-3-13-25)11-6-14-4-9-16(10-5-14)29(27,28)24-15-7-8-15/h4-5,9-10,15,24H,1-3,6-8,11-13H2,(H2,20,21,22,23,26). The second-order valence-corrected chi connectivity index (χ2v) is 9.33. The number of hydrogen-bond acceptors (Lipinski definition) is 6. The number of sulfonamides is 1. The van der Waals surface area contributed by atoms with E-state index in [0.29, 0.717) is 18.3 Å². The number of anilines is 2. The number of aryl methyl sites for hydroxylation is 1. The van der Waals surface area contributed by atoms with Crippen molar-refractivity contribution in [3.63, 3.8) is 0 Å². The number of hydrogen-bond donors (Lipinski definition) is 3. The van der Waals surface area contributed by atoms with Gasteiger partial charge in [-0.25, -0.2) is 18.2 Å². The van der Waals surface area contributed by atoms with Gasteiger partial charge in [-0.15, -0.1) is 5.10 Å². The van der Waals surface area contributed by atoms with E-state index >= 15 is 0 Å². The van der Waals surface area contributed by atoms with Crippen LogP contribution < -0.4 is 14.9 Å². The number of benzene rings is 1. The lowest BCUT2D eigenvalue weighted by Crippen LogP contribution is -2.30. The van der Waals surface area contributed by atoms with Crippen LogP contribution in [0.3, 0.4) is 0 Å². The van der Waals surface area contributed by atoms with Crippen molar-refractivity contribution in [2.45, 2.75) is 55.9 Å². The van der Waals surface area contributed by atoms with Crippen LogP contribution in [-0.4, -0.2) is 48.6 Å². The van der Waals surface area contributed by atoms with Crippen LogP contribution in [0.25, 0.3) is 0 Å². The third kappa shape index (κ3) is 5.33. The van der Waals surface area contributed by atoms with Crippen LogP contribution in [0.1, 0.15) is 44.1 Å². The first-order chi connectivity index (χ1) is 14.0. The molecule has 1 aliphatic carbocycles. The molecule has 1 aliphatic heterocycles. The number of carbonyl (C=O) groups excluding carboxylic acids is 1. The third-order valence-electron chi connectivity index (χ3n) is 5.14. The highest BCUT2D eigenvalue weighted by Gasteiger charge is 2.27. The van der Waals surface area contributed by atoms with Crippen molar-refractivity contribution in [1.29, 1.82) is 0 Å². The summed E-state index contributed by atoms with van der Waals surface area (Å²) in [4.78, 5) is 18.9. The molecule has 2 heterocycles. The molecule has 1 aromatic heterocycles. The van der Waals surface area contributed by atoms with Crippen molar-refractivity contribution in [3.8, 4) is 0 Å². The van der Waals surface area contributed by atoms with Gasteiger partial charge in [-0.2, -0.15) is 4.98 Å². The fraction of sp³-hybridized carbons (Fsp3) is 0.526. The van der Waals surface area contributed by atoms with Gasteiger partial charge >= 0.3 is 0 Å². The topological polar surface area (TPSA) is 120 Å². The Balaban J connectivity index is 1.26. The highest BCUT2D eigenvalue weighted by molar-refractivity contribution is 7.89. The van der Waals surface area contributed by atoms with E-state index in [1.54, 1.807) is 24.3 Å². The van der Waals surface area contributed by atoms with E-state index in [0.717, 1.165) is 44.3 Å². The Morgan fingerprint density at radius 2 is 1.86 bits per heavy atom. The first kappa shape index (κ1) is 19.8. The van der Waals surface area contributed by atoms with Crippen LogP contribution in [0.5, 0.6) is 0 Å². The van der Waals surface area contributed by atoms with Gasteiger partial charge in [0, 0.05) is 25.6 Å². The largest absolute Gasteiger partial charge is 0.340 e. The zero-order valence-corrected chi connectivity index (χ0v) is 17.0. The van der Waals surface area contributed by atoms with Gasteiger partial charge in [-0.3, -0.25) is 10.1 Å². The number of amides is 1. The number of nitrogens with one attached hydrogen (secondary N) is 3. The van der Waals surface area contributed by atoms with E-state index in [9.17, 15) is 13.2 Å². The normalized spacial score (nSPS) is 17.3. The van der Waals surface area contributed by atoms with Crippen molar-refractivity contribution < 1.29 is 13.2 Å². The Bertz CT molecular complexity index is 947. The number of aromatic amines is 1. The number of H-pyrrole nitrogens is 1. The van der Waals surface area contributed by atoms with Crippen molar-refractivity contribution >= 4 is 27.8 Å². The summed E-state index contributed by atoms with van der Waals surface area (Å²) in [6, 6.07) is 6.74. The Hall–Kier alpha value is -2.46. The maximum atomic E-state index is 12.2. The molecule has 1 saturated carbocycles. The van der Waals surface area contributed by atoms with Crippen LogP contribution in [-0.2, 0) is 21.2 Å². The molecule has 0 atom stereocenters. The molecule has 4 rings (SSSR count). The number of piperidine rings is 1. The average Bonchev–Trinajstić information content (AvgIpc) is 3.41. The Morgan fingerprint density at radius 1 is 1.14 bits per heavy atom. The minimum Gasteiger partial charge on any atom is -0.340 e. The summed E-state index contributed by atoms with van der Waals surface area (Å²) in [5.74, 6) is 0.804. The molecule has 10 heteroatoms. The SMILES string of the molecule is O=C(CCc1ccc(S(=O)(=O)NC2CC2)cc1)Nc1nc(N2CCCCC2)n[nH]1. The van der Waals surface area contributed by atoms with Crippen LogP contribution >= 0.6 is 0 Å². The molecule has 9 nitrogen and oxygen atoms in total. The van der Waals surface area contributed by atoms with E-state index < -0.39 is 10.0 Å². The van der Waals surface area contributed by atoms with Crippen molar-refractivity contribution in [3.05, 3.63) is 29.8 Å². The second-order valence-electron chi connectivity index (χ2n) is 7.62. The molecule has 0 unspecified atom stereocenters. The Morgan fingerprint density at radius 3 is 2.55 bits per heavy atom. The first-order valence-electron chi connectivity index (χ1n) is 10.1. The van der Waals surface area contributed by atoms with Crippen LogP contribution in [0, 0.1) is 0 Å². The monoisotopic (exact) mass is 418 g/mol. The molecule has 0 spiro atoms. The van der Waals surface area contributed by atoms with Gasteiger partial charge in [0.2, 0.25) is 27.8 Å². The molecule has 3 N–H and O–H groups in total. The summed E-state index contributed by atoms with van der Waals surface area (Å²) in [5, 5.41) is 9.68. The molecule has 0 radical (unpaired) electrons. The van der Waals surface area contributed by atoms with E-state index in [-0.39, 0.29) is 23.3 Å². The first-order valence-corrected chi connectivity index (χ1v) is 11.6. The number of carbonyl (C=O) groups is 1. The van der Waals surface area contributed by atoms with Crippen LogP contribution in [0.4, 0.5) is 11.9 Å². The predicted molar refractivity (Wildman–Crippen MR) is 109 cm³/mol. The lowest BCUT2D eigenvalue weighted by Gasteiger charge is -2.24.